The fourth-order valence-corrected chi connectivity index (χ4v) is 4.87. The SMILES string of the molecule is CON1CCC2(CC1)CC(=O)C(c1c(C)cc(Br)cc1C)=C(O)C2. The Bertz CT molecular complexity index is 680. The van der Waals surface area contributed by atoms with Gasteiger partial charge in [-0.05, 0) is 60.9 Å². The van der Waals surface area contributed by atoms with Crippen molar-refractivity contribution in [1.29, 1.82) is 0 Å². The molecule has 1 saturated heterocycles. The molecule has 4 nitrogen and oxygen atoms in total. The van der Waals surface area contributed by atoms with Crippen LogP contribution in [0.25, 0.3) is 5.57 Å². The summed E-state index contributed by atoms with van der Waals surface area (Å²) in [6.07, 6.45) is 2.85. The molecule has 0 amide bonds. The van der Waals surface area contributed by atoms with Crippen LogP contribution in [0.2, 0.25) is 0 Å². The maximum Gasteiger partial charge on any atom is 0.167 e. The third-order valence-corrected chi connectivity index (χ3v) is 5.89. The van der Waals surface area contributed by atoms with E-state index in [-0.39, 0.29) is 17.0 Å². The Balaban J connectivity index is 1.95. The van der Waals surface area contributed by atoms with Gasteiger partial charge in [0.25, 0.3) is 0 Å². The monoisotopic (exact) mass is 393 g/mol. The largest absolute Gasteiger partial charge is 0.512 e. The number of aliphatic hydroxyl groups excluding tert-OH is 1. The van der Waals surface area contributed by atoms with E-state index >= 15 is 0 Å². The van der Waals surface area contributed by atoms with E-state index in [1.165, 1.54) is 0 Å². The van der Waals surface area contributed by atoms with Crippen molar-refractivity contribution >= 4 is 27.3 Å². The second-order valence-electron chi connectivity index (χ2n) is 7.12. The van der Waals surface area contributed by atoms with Crippen molar-refractivity contribution in [2.45, 2.75) is 39.5 Å². The molecule has 1 spiro atoms. The van der Waals surface area contributed by atoms with E-state index in [9.17, 15) is 9.90 Å². The van der Waals surface area contributed by atoms with Crippen LogP contribution >= 0.6 is 15.9 Å². The highest BCUT2D eigenvalue weighted by atomic mass is 79.9. The van der Waals surface area contributed by atoms with Gasteiger partial charge in [-0.2, -0.15) is 5.06 Å². The van der Waals surface area contributed by atoms with Gasteiger partial charge in [0, 0.05) is 30.4 Å². The number of hydrogen-bond donors (Lipinski definition) is 1. The predicted molar refractivity (Wildman–Crippen MR) is 97.7 cm³/mol. The molecule has 0 unspecified atom stereocenters. The summed E-state index contributed by atoms with van der Waals surface area (Å²) in [7, 11) is 1.68. The van der Waals surface area contributed by atoms with Crippen LogP contribution in [0.3, 0.4) is 0 Å². The van der Waals surface area contributed by atoms with Gasteiger partial charge in [-0.15, -0.1) is 0 Å². The number of halogens is 1. The molecule has 1 aliphatic carbocycles. The number of Topliss-reactive ketones (excluding diaryl/α,β-unsaturated/α-hetero) is 1. The van der Waals surface area contributed by atoms with Crippen molar-refractivity contribution in [3.05, 3.63) is 39.1 Å². The number of hydroxylamine groups is 2. The van der Waals surface area contributed by atoms with E-state index in [0.29, 0.717) is 18.4 Å². The molecule has 5 heteroatoms. The Morgan fingerprint density at radius 1 is 1.17 bits per heavy atom. The molecular formula is C19H24BrNO3. The molecule has 1 aromatic rings. The minimum Gasteiger partial charge on any atom is -0.512 e. The second-order valence-corrected chi connectivity index (χ2v) is 8.04. The van der Waals surface area contributed by atoms with E-state index in [4.69, 9.17) is 4.84 Å². The molecule has 0 aromatic heterocycles. The van der Waals surface area contributed by atoms with Crippen LogP contribution in [0.5, 0.6) is 0 Å². The molecule has 2 aliphatic rings. The minimum atomic E-state index is -0.114. The Morgan fingerprint density at radius 3 is 2.25 bits per heavy atom. The van der Waals surface area contributed by atoms with Gasteiger partial charge < -0.3 is 9.94 Å². The van der Waals surface area contributed by atoms with Crippen LogP contribution in [-0.4, -0.2) is 36.2 Å². The van der Waals surface area contributed by atoms with Gasteiger partial charge in [0.15, 0.2) is 5.78 Å². The second kappa shape index (κ2) is 6.62. The molecule has 0 bridgehead atoms. The lowest BCUT2D eigenvalue weighted by atomic mass is 9.66. The summed E-state index contributed by atoms with van der Waals surface area (Å²) in [6.45, 7) is 5.59. The van der Waals surface area contributed by atoms with Crippen LogP contribution in [-0.2, 0) is 9.63 Å². The minimum absolute atomic E-state index is 0.0677. The summed E-state index contributed by atoms with van der Waals surface area (Å²) < 4.78 is 0.994. The lowest BCUT2D eigenvalue weighted by Gasteiger charge is -2.43. The smallest absolute Gasteiger partial charge is 0.167 e. The molecule has 0 saturated carbocycles. The maximum atomic E-state index is 12.9. The molecule has 1 fully saturated rings. The lowest BCUT2D eigenvalue weighted by Crippen LogP contribution is -2.42. The van der Waals surface area contributed by atoms with Crippen LogP contribution in [0.4, 0.5) is 0 Å². The number of rotatable bonds is 2. The van der Waals surface area contributed by atoms with Gasteiger partial charge in [-0.3, -0.25) is 4.79 Å². The molecule has 0 radical (unpaired) electrons. The average Bonchev–Trinajstić information content (AvgIpc) is 2.50. The summed E-state index contributed by atoms with van der Waals surface area (Å²) in [5.74, 6) is 0.323. The summed E-state index contributed by atoms with van der Waals surface area (Å²) in [6, 6.07) is 3.99. The average molecular weight is 394 g/mol. The lowest BCUT2D eigenvalue weighted by molar-refractivity contribution is -0.161. The molecule has 0 atom stereocenters. The number of aryl methyl sites for hydroxylation is 2. The Hall–Kier alpha value is -1.17. The Labute approximate surface area is 151 Å². The first-order valence-corrected chi connectivity index (χ1v) is 9.16. The number of aliphatic hydroxyl groups is 1. The fraction of sp³-hybridized carbons (Fsp3) is 0.526. The quantitative estimate of drug-likeness (QED) is 0.811. The number of hydrogen-bond acceptors (Lipinski definition) is 4. The van der Waals surface area contributed by atoms with Crippen molar-refractivity contribution in [2.75, 3.05) is 20.2 Å². The summed E-state index contributed by atoms with van der Waals surface area (Å²) in [4.78, 5) is 18.2. The predicted octanol–water partition coefficient (Wildman–Crippen LogP) is 4.34. The van der Waals surface area contributed by atoms with E-state index in [2.05, 4.69) is 15.9 Å². The van der Waals surface area contributed by atoms with Crippen LogP contribution < -0.4 is 0 Å². The van der Waals surface area contributed by atoms with Gasteiger partial charge in [0.05, 0.1) is 12.7 Å². The first-order valence-electron chi connectivity index (χ1n) is 8.37. The Kier molecular flexibility index (Phi) is 4.87. The van der Waals surface area contributed by atoms with E-state index in [1.807, 2.05) is 31.0 Å². The number of piperidine rings is 1. The number of allylic oxidation sites excluding steroid dienone is 2. The molecule has 1 heterocycles. The molecule has 130 valence electrons. The van der Waals surface area contributed by atoms with Gasteiger partial charge in [-0.25, -0.2) is 0 Å². The van der Waals surface area contributed by atoms with E-state index in [1.54, 1.807) is 7.11 Å². The van der Waals surface area contributed by atoms with Gasteiger partial charge in [0.2, 0.25) is 0 Å². The highest BCUT2D eigenvalue weighted by molar-refractivity contribution is 9.10. The number of ketones is 1. The molecule has 24 heavy (non-hydrogen) atoms. The van der Waals surface area contributed by atoms with Crippen molar-refractivity contribution in [3.8, 4) is 0 Å². The fourth-order valence-electron chi connectivity index (χ4n) is 4.18. The highest BCUT2D eigenvalue weighted by Crippen LogP contribution is 2.47. The topological polar surface area (TPSA) is 49.8 Å². The van der Waals surface area contributed by atoms with E-state index < -0.39 is 0 Å². The Morgan fingerprint density at radius 2 is 1.75 bits per heavy atom. The molecule has 1 N–H and O–H groups in total. The highest BCUT2D eigenvalue weighted by Gasteiger charge is 2.43. The first kappa shape index (κ1) is 17.6. The molecular weight excluding hydrogens is 370 g/mol. The number of benzene rings is 1. The van der Waals surface area contributed by atoms with Gasteiger partial charge >= 0.3 is 0 Å². The maximum absolute atomic E-state index is 12.9. The van der Waals surface area contributed by atoms with E-state index in [0.717, 1.165) is 47.1 Å². The number of carbonyl (C=O) groups excluding carboxylic acids is 1. The molecule has 3 rings (SSSR count). The van der Waals surface area contributed by atoms with Crippen molar-refractivity contribution in [1.82, 2.24) is 5.06 Å². The van der Waals surface area contributed by atoms with Crippen LogP contribution in [0, 0.1) is 19.3 Å². The summed E-state index contributed by atoms with van der Waals surface area (Å²) in [5.41, 5.74) is 3.34. The van der Waals surface area contributed by atoms with Crippen molar-refractivity contribution in [2.24, 2.45) is 5.41 Å². The summed E-state index contributed by atoms with van der Waals surface area (Å²) in [5, 5.41) is 12.7. The zero-order valence-corrected chi connectivity index (χ0v) is 16.1. The zero-order chi connectivity index (χ0) is 17.5. The standard InChI is InChI=1S/C19H24BrNO3/c1-12-8-14(20)9-13(2)17(12)18-15(22)10-19(11-16(18)23)4-6-21(24-3)7-5-19/h8-9,22H,4-7,10-11H2,1-3H3. The molecule has 1 aromatic carbocycles. The van der Waals surface area contributed by atoms with Crippen LogP contribution in [0.1, 0.15) is 42.4 Å². The zero-order valence-electron chi connectivity index (χ0n) is 14.5. The number of carbonyl (C=O) groups is 1. The van der Waals surface area contributed by atoms with Crippen LogP contribution in [0.15, 0.2) is 22.4 Å². The molecule has 1 aliphatic heterocycles. The van der Waals surface area contributed by atoms with Gasteiger partial charge in [0.1, 0.15) is 5.76 Å². The normalized spacial score (nSPS) is 21.6. The first-order chi connectivity index (χ1) is 11.3. The third kappa shape index (κ3) is 3.17. The van der Waals surface area contributed by atoms with Crippen molar-refractivity contribution < 1.29 is 14.7 Å². The van der Waals surface area contributed by atoms with Crippen molar-refractivity contribution in [3.63, 3.8) is 0 Å². The number of nitrogens with zero attached hydrogens (tertiary/aromatic N) is 1. The third-order valence-electron chi connectivity index (χ3n) is 5.43. The summed E-state index contributed by atoms with van der Waals surface area (Å²) >= 11 is 3.49. The van der Waals surface area contributed by atoms with Gasteiger partial charge in [-0.1, -0.05) is 15.9 Å².